The maximum atomic E-state index is 11.1. The summed E-state index contributed by atoms with van der Waals surface area (Å²) in [7, 11) is 0. The van der Waals surface area contributed by atoms with E-state index in [2.05, 4.69) is 12.2 Å². The van der Waals surface area contributed by atoms with E-state index in [0.29, 0.717) is 5.25 Å². The summed E-state index contributed by atoms with van der Waals surface area (Å²) in [6, 6.07) is 0.0196. The normalized spacial score (nSPS) is 15.1. The molecule has 0 spiro atoms. The van der Waals surface area contributed by atoms with E-state index in [1.165, 1.54) is 0 Å². The van der Waals surface area contributed by atoms with Crippen molar-refractivity contribution in [3.05, 3.63) is 0 Å². The van der Waals surface area contributed by atoms with Crippen LogP contribution in [0, 0.1) is 0 Å². The van der Waals surface area contributed by atoms with E-state index in [-0.39, 0.29) is 24.6 Å². The molecule has 0 saturated heterocycles. The number of aliphatic hydroxyl groups is 1. The summed E-state index contributed by atoms with van der Waals surface area (Å²) in [5.74, 6) is 0.596. The van der Waals surface area contributed by atoms with Crippen molar-refractivity contribution in [2.24, 2.45) is 5.73 Å². The van der Waals surface area contributed by atoms with Crippen LogP contribution in [0.15, 0.2) is 0 Å². The molecule has 0 aliphatic heterocycles. The van der Waals surface area contributed by atoms with Gasteiger partial charge >= 0.3 is 0 Å². The van der Waals surface area contributed by atoms with Crippen LogP contribution in [-0.4, -0.2) is 40.7 Å². The Balaban J connectivity index is 3.80. The SMILES string of the molecule is CC(C)NC(CCSC(C)CCO)C(N)=O. The predicted molar refractivity (Wildman–Crippen MR) is 69.5 cm³/mol. The summed E-state index contributed by atoms with van der Waals surface area (Å²) in [6.45, 7) is 6.29. The van der Waals surface area contributed by atoms with Gasteiger partial charge in [0.25, 0.3) is 0 Å². The van der Waals surface area contributed by atoms with Crippen LogP contribution >= 0.6 is 11.8 Å². The zero-order valence-corrected chi connectivity index (χ0v) is 11.2. The summed E-state index contributed by atoms with van der Waals surface area (Å²) in [4.78, 5) is 11.1. The van der Waals surface area contributed by atoms with Crippen molar-refractivity contribution >= 4 is 17.7 Å². The predicted octanol–water partition coefficient (Wildman–Crippen LogP) is 0.733. The zero-order chi connectivity index (χ0) is 12.6. The van der Waals surface area contributed by atoms with Gasteiger partial charge < -0.3 is 16.2 Å². The number of hydrogen-bond acceptors (Lipinski definition) is 4. The second kappa shape index (κ2) is 8.84. The van der Waals surface area contributed by atoms with Crippen LogP contribution in [0.2, 0.25) is 0 Å². The van der Waals surface area contributed by atoms with E-state index in [1.807, 2.05) is 13.8 Å². The van der Waals surface area contributed by atoms with Gasteiger partial charge in [0.1, 0.15) is 0 Å². The third kappa shape index (κ3) is 7.96. The molecular formula is C11H24N2O2S. The monoisotopic (exact) mass is 248 g/mol. The molecule has 16 heavy (non-hydrogen) atoms. The lowest BCUT2D eigenvalue weighted by molar-refractivity contribution is -0.120. The molecule has 0 fully saturated rings. The molecular weight excluding hydrogens is 224 g/mol. The summed E-state index contributed by atoms with van der Waals surface area (Å²) in [5.41, 5.74) is 5.31. The highest BCUT2D eigenvalue weighted by Gasteiger charge is 2.15. The topological polar surface area (TPSA) is 75.3 Å². The van der Waals surface area contributed by atoms with Crippen molar-refractivity contribution in [2.45, 2.75) is 50.9 Å². The van der Waals surface area contributed by atoms with Gasteiger partial charge in [-0.2, -0.15) is 11.8 Å². The average molecular weight is 248 g/mol. The van der Waals surface area contributed by atoms with E-state index in [0.717, 1.165) is 18.6 Å². The van der Waals surface area contributed by atoms with E-state index >= 15 is 0 Å². The van der Waals surface area contributed by atoms with Crippen molar-refractivity contribution in [3.8, 4) is 0 Å². The van der Waals surface area contributed by atoms with Gasteiger partial charge in [-0.25, -0.2) is 0 Å². The molecule has 0 saturated carbocycles. The van der Waals surface area contributed by atoms with Gasteiger partial charge in [-0.15, -0.1) is 0 Å². The van der Waals surface area contributed by atoms with Crippen molar-refractivity contribution < 1.29 is 9.90 Å². The number of thioether (sulfide) groups is 1. The molecule has 96 valence electrons. The fourth-order valence-corrected chi connectivity index (χ4v) is 2.41. The first kappa shape index (κ1) is 15.7. The molecule has 2 unspecified atom stereocenters. The van der Waals surface area contributed by atoms with Crippen molar-refractivity contribution in [1.82, 2.24) is 5.32 Å². The quantitative estimate of drug-likeness (QED) is 0.562. The third-order valence-corrected chi connectivity index (χ3v) is 3.50. The number of carbonyl (C=O) groups excluding carboxylic acids is 1. The second-order valence-electron chi connectivity index (χ2n) is 4.26. The largest absolute Gasteiger partial charge is 0.396 e. The van der Waals surface area contributed by atoms with Crippen molar-refractivity contribution in [2.75, 3.05) is 12.4 Å². The van der Waals surface area contributed by atoms with Crippen LogP contribution in [0.25, 0.3) is 0 Å². The molecule has 0 aromatic carbocycles. The Labute approximate surface area is 102 Å². The summed E-state index contributed by atoms with van der Waals surface area (Å²) in [5, 5.41) is 12.3. The van der Waals surface area contributed by atoms with E-state index < -0.39 is 0 Å². The minimum absolute atomic E-state index is 0.220. The molecule has 0 aromatic heterocycles. The number of nitrogens with one attached hydrogen (secondary N) is 1. The zero-order valence-electron chi connectivity index (χ0n) is 10.4. The molecule has 0 aromatic rings. The molecule has 0 heterocycles. The van der Waals surface area contributed by atoms with Crippen LogP contribution in [0.3, 0.4) is 0 Å². The number of rotatable bonds is 9. The fraction of sp³-hybridized carbons (Fsp3) is 0.909. The summed E-state index contributed by atoms with van der Waals surface area (Å²) < 4.78 is 0. The van der Waals surface area contributed by atoms with Gasteiger partial charge in [-0.05, 0) is 18.6 Å². The molecule has 1 amide bonds. The Kier molecular flexibility index (Phi) is 8.70. The van der Waals surface area contributed by atoms with E-state index in [9.17, 15) is 4.79 Å². The Bertz CT molecular complexity index is 200. The molecule has 5 heteroatoms. The van der Waals surface area contributed by atoms with Crippen LogP contribution in [0.4, 0.5) is 0 Å². The molecule has 0 radical (unpaired) electrons. The van der Waals surface area contributed by atoms with Crippen LogP contribution < -0.4 is 11.1 Å². The van der Waals surface area contributed by atoms with E-state index in [1.54, 1.807) is 11.8 Å². The Morgan fingerprint density at radius 2 is 2.00 bits per heavy atom. The second-order valence-corrected chi connectivity index (χ2v) is 5.81. The van der Waals surface area contributed by atoms with E-state index in [4.69, 9.17) is 10.8 Å². The van der Waals surface area contributed by atoms with Crippen LogP contribution in [0.5, 0.6) is 0 Å². The van der Waals surface area contributed by atoms with Crippen molar-refractivity contribution in [1.29, 1.82) is 0 Å². The molecule has 0 bridgehead atoms. The summed E-state index contributed by atoms with van der Waals surface area (Å²) in [6.07, 6.45) is 1.54. The standard InChI is InChI=1S/C11H24N2O2S/c1-8(2)13-10(11(12)15)5-7-16-9(3)4-6-14/h8-10,13-14H,4-7H2,1-3H3,(H2,12,15). The number of primary amides is 1. The number of carbonyl (C=O) groups is 1. The molecule has 0 aliphatic rings. The molecule has 0 rings (SSSR count). The lowest BCUT2D eigenvalue weighted by Crippen LogP contribution is -2.44. The first-order valence-electron chi connectivity index (χ1n) is 5.75. The Morgan fingerprint density at radius 3 is 2.44 bits per heavy atom. The molecule has 2 atom stereocenters. The van der Waals surface area contributed by atoms with Gasteiger partial charge in [-0.3, -0.25) is 4.79 Å². The number of hydrogen-bond donors (Lipinski definition) is 3. The third-order valence-electron chi connectivity index (χ3n) is 2.22. The smallest absolute Gasteiger partial charge is 0.234 e. The Hall–Kier alpha value is -0.260. The number of amides is 1. The van der Waals surface area contributed by atoms with Gasteiger partial charge in [0, 0.05) is 17.9 Å². The highest BCUT2D eigenvalue weighted by molar-refractivity contribution is 7.99. The fourth-order valence-electron chi connectivity index (χ4n) is 1.36. The lowest BCUT2D eigenvalue weighted by atomic mass is 10.2. The molecule has 4 nitrogen and oxygen atoms in total. The number of nitrogens with two attached hydrogens (primary N) is 1. The first-order valence-corrected chi connectivity index (χ1v) is 6.80. The Morgan fingerprint density at radius 1 is 1.38 bits per heavy atom. The first-order chi connectivity index (χ1) is 7.47. The van der Waals surface area contributed by atoms with Crippen LogP contribution in [0.1, 0.15) is 33.6 Å². The number of aliphatic hydroxyl groups excluding tert-OH is 1. The van der Waals surface area contributed by atoms with Gasteiger partial charge in [0.05, 0.1) is 6.04 Å². The minimum atomic E-state index is -0.288. The highest BCUT2D eigenvalue weighted by Crippen LogP contribution is 2.15. The van der Waals surface area contributed by atoms with Gasteiger partial charge in [-0.1, -0.05) is 20.8 Å². The van der Waals surface area contributed by atoms with Crippen molar-refractivity contribution in [3.63, 3.8) is 0 Å². The maximum Gasteiger partial charge on any atom is 0.234 e. The maximum absolute atomic E-state index is 11.1. The van der Waals surface area contributed by atoms with Crippen LogP contribution in [-0.2, 0) is 4.79 Å². The van der Waals surface area contributed by atoms with Gasteiger partial charge in [0.2, 0.25) is 5.91 Å². The lowest BCUT2D eigenvalue weighted by Gasteiger charge is -2.18. The van der Waals surface area contributed by atoms with Gasteiger partial charge in [0.15, 0.2) is 0 Å². The average Bonchev–Trinajstić information content (AvgIpc) is 2.15. The highest BCUT2D eigenvalue weighted by atomic mass is 32.2. The summed E-state index contributed by atoms with van der Waals surface area (Å²) >= 11 is 1.77. The molecule has 4 N–H and O–H groups in total. The molecule has 0 aliphatic carbocycles. The minimum Gasteiger partial charge on any atom is -0.396 e.